The average Bonchev–Trinajstić information content (AvgIpc) is 3.16. The lowest BCUT2D eigenvalue weighted by molar-refractivity contribution is 0.312. The maximum Gasteiger partial charge on any atom is 0.174 e. The zero-order chi connectivity index (χ0) is 20.5. The largest absolute Gasteiger partial charge is 0.469 e. The lowest BCUT2D eigenvalue weighted by atomic mass is 10.1. The van der Waals surface area contributed by atoms with Crippen molar-refractivity contribution in [3.8, 4) is 17.1 Å². The second kappa shape index (κ2) is 7.91. The minimum Gasteiger partial charge on any atom is -0.469 e. The van der Waals surface area contributed by atoms with E-state index >= 15 is 0 Å². The third kappa shape index (κ3) is 3.80. The molecule has 2 aromatic heterocycles. The Morgan fingerprint density at radius 2 is 1.80 bits per heavy atom. The molecule has 3 aromatic rings. The summed E-state index contributed by atoms with van der Waals surface area (Å²) >= 11 is 0. The third-order valence-corrected chi connectivity index (χ3v) is 5.72. The number of pyridine rings is 1. The van der Waals surface area contributed by atoms with Crippen LogP contribution in [-0.4, -0.2) is 59.8 Å². The number of likely N-dealkylation sites (N-methyl/N-ethyl adjacent to an activating group) is 1. The number of anilines is 2. The molecular weight excluding hydrogens is 376 g/mol. The molecule has 0 spiro atoms. The Morgan fingerprint density at radius 3 is 2.60 bits per heavy atom. The molecular formula is C23H26N6O. The Morgan fingerprint density at radius 1 is 1.00 bits per heavy atom. The van der Waals surface area contributed by atoms with Crippen LogP contribution in [0, 0.1) is 6.92 Å². The van der Waals surface area contributed by atoms with Crippen molar-refractivity contribution in [2.24, 2.45) is 0 Å². The van der Waals surface area contributed by atoms with Gasteiger partial charge in [0.15, 0.2) is 24.1 Å². The van der Waals surface area contributed by atoms with Crippen molar-refractivity contribution in [2.75, 3.05) is 49.8 Å². The summed E-state index contributed by atoms with van der Waals surface area (Å²) in [5, 5.41) is 0. The summed E-state index contributed by atoms with van der Waals surface area (Å²) < 4.78 is 5.76. The van der Waals surface area contributed by atoms with Gasteiger partial charge in [0.2, 0.25) is 0 Å². The van der Waals surface area contributed by atoms with Gasteiger partial charge < -0.3 is 19.4 Å². The number of piperazine rings is 1. The zero-order valence-electron chi connectivity index (χ0n) is 17.5. The topological polar surface area (TPSA) is 57.6 Å². The summed E-state index contributed by atoms with van der Waals surface area (Å²) in [4.78, 5) is 20.8. The van der Waals surface area contributed by atoms with Gasteiger partial charge in [0.25, 0.3) is 0 Å². The van der Waals surface area contributed by atoms with Crippen molar-refractivity contribution in [3.05, 3.63) is 60.0 Å². The number of hydrogen-bond donors (Lipinski definition) is 0. The molecule has 0 aliphatic carbocycles. The number of rotatable bonds is 4. The molecule has 4 heterocycles. The van der Waals surface area contributed by atoms with Crippen molar-refractivity contribution in [1.82, 2.24) is 19.9 Å². The van der Waals surface area contributed by atoms with E-state index in [1.807, 2.05) is 31.5 Å². The average molecular weight is 403 g/mol. The first-order valence-electron chi connectivity index (χ1n) is 10.4. The summed E-state index contributed by atoms with van der Waals surface area (Å²) in [6.07, 6.45) is 3.88. The van der Waals surface area contributed by atoms with Gasteiger partial charge in [-0.2, -0.15) is 0 Å². The molecule has 2 aliphatic heterocycles. The van der Waals surface area contributed by atoms with E-state index in [0.717, 1.165) is 67.1 Å². The van der Waals surface area contributed by atoms with E-state index in [1.54, 1.807) is 0 Å². The molecule has 1 aromatic carbocycles. The Hall–Kier alpha value is -3.19. The standard InChI is InChI=1S/C23H26N6O/c1-17-6-7-21-23(26-17)29(16-30-21)15-18-4-3-5-19(12-18)22-24-13-20(14-25-22)28-10-8-27(2)9-11-28/h3-7,12-14H,8-11,15-16H2,1-2H3. The van der Waals surface area contributed by atoms with E-state index in [9.17, 15) is 0 Å². The molecule has 0 N–H and O–H groups in total. The lowest BCUT2D eigenvalue weighted by Gasteiger charge is -2.33. The predicted molar refractivity (Wildman–Crippen MR) is 118 cm³/mol. The van der Waals surface area contributed by atoms with Crippen LogP contribution in [0.3, 0.4) is 0 Å². The van der Waals surface area contributed by atoms with Crippen LogP contribution >= 0.6 is 0 Å². The van der Waals surface area contributed by atoms with Crippen LogP contribution in [0.25, 0.3) is 11.4 Å². The molecule has 0 amide bonds. The highest BCUT2D eigenvalue weighted by Crippen LogP contribution is 2.33. The summed E-state index contributed by atoms with van der Waals surface area (Å²) in [7, 11) is 2.16. The van der Waals surface area contributed by atoms with Crippen LogP contribution in [0.15, 0.2) is 48.8 Å². The van der Waals surface area contributed by atoms with E-state index in [4.69, 9.17) is 4.74 Å². The van der Waals surface area contributed by atoms with E-state index in [2.05, 4.69) is 61.0 Å². The van der Waals surface area contributed by atoms with Gasteiger partial charge in [0, 0.05) is 44.0 Å². The quantitative estimate of drug-likeness (QED) is 0.665. The van der Waals surface area contributed by atoms with Gasteiger partial charge >= 0.3 is 0 Å². The van der Waals surface area contributed by atoms with Gasteiger partial charge in [-0.25, -0.2) is 15.0 Å². The normalized spacial score (nSPS) is 16.5. The molecule has 0 bridgehead atoms. The molecule has 7 heteroatoms. The van der Waals surface area contributed by atoms with Crippen molar-refractivity contribution in [3.63, 3.8) is 0 Å². The highest BCUT2D eigenvalue weighted by molar-refractivity contribution is 5.59. The maximum atomic E-state index is 5.76. The number of aryl methyl sites for hydroxylation is 1. The third-order valence-electron chi connectivity index (χ3n) is 5.72. The Balaban J connectivity index is 1.31. The summed E-state index contributed by atoms with van der Waals surface area (Å²) in [6.45, 7) is 7.43. The Labute approximate surface area is 177 Å². The van der Waals surface area contributed by atoms with Gasteiger partial charge in [-0.3, -0.25) is 0 Å². The van der Waals surface area contributed by atoms with E-state index in [1.165, 1.54) is 5.56 Å². The second-order valence-electron chi connectivity index (χ2n) is 8.00. The summed E-state index contributed by atoms with van der Waals surface area (Å²) in [6, 6.07) is 12.4. The molecule has 1 saturated heterocycles. The molecule has 0 atom stereocenters. The van der Waals surface area contributed by atoms with Gasteiger partial charge in [-0.15, -0.1) is 0 Å². The minimum atomic E-state index is 0.520. The summed E-state index contributed by atoms with van der Waals surface area (Å²) in [5.74, 6) is 2.51. The summed E-state index contributed by atoms with van der Waals surface area (Å²) in [5.41, 5.74) is 4.29. The number of nitrogens with zero attached hydrogens (tertiary/aromatic N) is 6. The molecule has 1 fully saturated rings. The Kier molecular flexibility index (Phi) is 4.96. The molecule has 30 heavy (non-hydrogen) atoms. The van der Waals surface area contributed by atoms with E-state index < -0.39 is 0 Å². The van der Waals surface area contributed by atoms with Gasteiger partial charge in [0.05, 0.1) is 18.1 Å². The Bertz CT molecular complexity index is 1030. The molecule has 5 rings (SSSR count). The molecule has 2 aliphatic rings. The van der Waals surface area contributed by atoms with Crippen LogP contribution < -0.4 is 14.5 Å². The van der Waals surface area contributed by atoms with Gasteiger partial charge in [-0.05, 0) is 37.7 Å². The molecule has 154 valence electrons. The van der Waals surface area contributed by atoms with Crippen LogP contribution in [-0.2, 0) is 6.54 Å². The van der Waals surface area contributed by atoms with Crippen LogP contribution in [0.1, 0.15) is 11.3 Å². The number of hydrogen-bond acceptors (Lipinski definition) is 7. The monoisotopic (exact) mass is 402 g/mol. The molecule has 0 saturated carbocycles. The molecule has 7 nitrogen and oxygen atoms in total. The first kappa shape index (κ1) is 18.8. The second-order valence-corrected chi connectivity index (χ2v) is 8.00. The number of benzene rings is 1. The highest BCUT2D eigenvalue weighted by atomic mass is 16.5. The minimum absolute atomic E-state index is 0.520. The fourth-order valence-corrected chi connectivity index (χ4v) is 3.93. The van der Waals surface area contributed by atoms with Crippen molar-refractivity contribution in [2.45, 2.75) is 13.5 Å². The number of fused-ring (bicyclic) bond motifs is 1. The van der Waals surface area contributed by atoms with Gasteiger partial charge in [-0.1, -0.05) is 18.2 Å². The van der Waals surface area contributed by atoms with E-state index in [0.29, 0.717) is 6.73 Å². The van der Waals surface area contributed by atoms with Crippen LogP contribution in [0.5, 0.6) is 5.75 Å². The van der Waals surface area contributed by atoms with Crippen LogP contribution in [0.2, 0.25) is 0 Å². The SMILES string of the molecule is Cc1ccc2c(n1)N(Cc1cccc(-c3ncc(N4CCN(C)CC4)cn3)c1)CO2. The van der Waals surface area contributed by atoms with Crippen LogP contribution in [0.4, 0.5) is 11.5 Å². The van der Waals surface area contributed by atoms with Crippen molar-refractivity contribution in [1.29, 1.82) is 0 Å². The molecule has 0 unspecified atom stereocenters. The van der Waals surface area contributed by atoms with Crippen molar-refractivity contribution >= 4 is 11.5 Å². The first-order valence-corrected chi connectivity index (χ1v) is 10.4. The lowest BCUT2D eigenvalue weighted by Crippen LogP contribution is -2.44. The maximum absolute atomic E-state index is 5.76. The number of ether oxygens (including phenoxy) is 1. The predicted octanol–water partition coefficient (Wildman–Crippen LogP) is 2.96. The first-order chi connectivity index (χ1) is 14.7. The smallest absolute Gasteiger partial charge is 0.174 e. The number of aromatic nitrogens is 3. The molecule has 0 radical (unpaired) electrons. The highest BCUT2D eigenvalue weighted by Gasteiger charge is 2.22. The fourth-order valence-electron chi connectivity index (χ4n) is 3.93. The van der Waals surface area contributed by atoms with E-state index in [-0.39, 0.29) is 0 Å². The zero-order valence-corrected chi connectivity index (χ0v) is 17.5. The van der Waals surface area contributed by atoms with Crippen molar-refractivity contribution < 1.29 is 4.74 Å². The van der Waals surface area contributed by atoms with Gasteiger partial charge in [0.1, 0.15) is 0 Å². The fraction of sp³-hybridized carbons (Fsp3) is 0.348.